The van der Waals surface area contributed by atoms with Crippen molar-refractivity contribution in [3.63, 3.8) is 0 Å². The van der Waals surface area contributed by atoms with Crippen molar-refractivity contribution in [3.8, 4) is 0 Å². The second-order valence-electron chi connectivity index (χ2n) is 5.60. The highest BCUT2D eigenvalue weighted by Gasteiger charge is 2.44. The van der Waals surface area contributed by atoms with E-state index in [0.717, 1.165) is 32.5 Å². The SMILES string of the molecule is Fc1ccccc1COCCC1COC2(CNC2)C1. The number of ether oxygens (including phenoxy) is 2. The van der Waals surface area contributed by atoms with Gasteiger partial charge < -0.3 is 14.8 Å². The van der Waals surface area contributed by atoms with Crippen LogP contribution in [0.3, 0.4) is 0 Å². The third kappa shape index (κ3) is 2.96. The van der Waals surface area contributed by atoms with Crippen LogP contribution in [0.4, 0.5) is 4.39 Å². The van der Waals surface area contributed by atoms with Gasteiger partial charge in [0.25, 0.3) is 0 Å². The third-order valence-corrected chi connectivity index (χ3v) is 4.07. The molecule has 19 heavy (non-hydrogen) atoms. The van der Waals surface area contributed by atoms with Crippen molar-refractivity contribution in [3.05, 3.63) is 35.6 Å². The van der Waals surface area contributed by atoms with Crippen molar-refractivity contribution in [1.29, 1.82) is 0 Å². The van der Waals surface area contributed by atoms with Crippen LogP contribution in [0.2, 0.25) is 0 Å². The molecule has 3 rings (SSSR count). The first-order valence-corrected chi connectivity index (χ1v) is 6.93. The quantitative estimate of drug-likeness (QED) is 0.827. The maximum absolute atomic E-state index is 13.4. The number of rotatable bonds is 5. The molecule has 2 aliphatic heterocycles. The molecule has 2 saturated heterocycles. The number of hydrogen-bond donors (Lipinski definition) is 1. The Morgan fingerprint density at radius 2 is 2.21 bits per heavy atom. The van der Waals surface area contributed by atoms with Gasteiger partial charge in [-0.25, -0.2) is 4.39 Å². The summed E-state index contributed by atoms with van der Waals surface area (Å²) in [5.41, 5.74) is 0.751. The molecule has 2 aliphatic rings. The van der Waals surface area contributed by atoms with Gasteiger partial charge in [0.1, 0.15) is 5.82 Å². The molecule has 1 aromatic rings. The van der Waals surface area contributed by atoms with Crippen LogP contribution in [0.25, 0.3) is 0 Å². The number of hydrogen-bond acceptors (Lipinski definition) is 3. The zero-order valence-corrected chi connectivity index (χ0v) is 11.0. The summed E-state index contributed by atoms with van der Waals surface area (Å²) in [6, 6.07) is 6.76. The van der Waals surface area contributed by atoms with Crippen LogP contribution in [0.15, 0.2) is 24.3 Å². The molecule has 0 amide bonds. The van der Waals surface area contributed by atoms with Gasteiger partial charge in [0.2, 0.25) is 0 Å². The lowest BCUT2D eigenvalue weighted by molar-refractivity contribution is -0.0364. The Hall–Kier alpha value is -0.970. The first kappa shape index (κ1) is 13.0. The first-order chi connectivity index (χ1) is 9.27. The van der Waals surface area contributed by atoms with Crippen LogP contribution in [-0.2, 0) is 16.1 Å². The Balaban J connectivity index is 1.36. The van der Waals surface area contributed by atoms with E-state index < -0.39 is 0 Å². The number of halogens is 1. The van der Waals surface area contributed by atoms with Crippen molar-refractivity contribution in [2.75, 3.05) is 26.3 Å². The fourth-order valence-corrected chi connectivity index (χ4v) is 2.82. The Kier molecular flexibility index (Phi) is 3.82. The van der Waals surface area contributed by atoms with Gasteiger partial charge in [0, 0.05) is 25.3 Å². The van der Waals surface area contributed by atoms with Gasteiger partial charge in [0.15, 0.2) is 0 Å². The highest BCUT2D eigenvalue weighted by molar-refractivity contribution is 5.16. The van der Waals surface area contributed by atoms with Crippen molar-refractivity contribution in [2.24, 2.45) is 5.92 Å². The second kappa shape index (κ2) is 5.57. The molecule has 1 N–H and O–H groups in total. The Morgan fingerprint density at radius 1 is 1.37 bits per heavy atom. The van der Waals surface area contributed by atoms with Crippen LogP contribution in [0, 0.1) is 11.7 Å². The summed E-state index contributed by atoms with van der Waals surface area (Å²) < 4.78 is 24.8. The molecule has 1 aromatic carbocycles. The number of nitrogens with one attached hydrogen (secondary N) is 1. The molecule has 0 bridgehead atoms. The lowest BCUT2D eigenvalue weighted by Crippen LogP contribution is -2.59. The predicted molar refractivity (Wildman–Crippen MR) is 70.3 cm³/mol. The van der Waals surface area contributed by atoms with Crippen molar-refractivity contribution in [2.45, 2.75) is 25.0 Å². The highest BCUT2D eigenvalue weighted by Crippen LogP contribution is 2.34. The minimum absolute atomic E-state index is 0.121. The van der Waals surface area contributed by atoms with Gasteiger partial charge in [-0.05, 0) is 24.8 Å². The molecule has 0 saturated carbocycles. The summed E-state index contributed by atoms with van der Waals surface area (Å²) in [4.78, 5) is 0. The van der Waals surface area contributed by atoms with E-state index in [0.29, 0.717) is 24.7 Å². The average molecular weight is 265 g/mol. The van der Waals surface area contributed by atoms with E-state index in [4.69, 9.17) is 9.47 Å². The number of benzene rings is 1. The molecular weight excluding hydrogens is 245 g/mol. The summed E-state index contributed by atoms with van der Waals surface area (Å²) >= 11 is 0. The van der Waals surface area contributed by atoms with E-state index >= 15 is 0 Å². The molecule has 3 nitrogen and oxygen atoms in total. The summed E-state index contributed by atoms with van der Waals surface area (Å²) in [6.07, 6.45) is 2.12. The van der Waals surface area contributed by atoms with E-state index in [-0.39, 0.29) is 11.4 Å². The lowest BCUT2D eigenvalue weighted by atomic mass is 9.88. The first-order valence-electron chi connectivity index (χ1n) is 6.93. The van der Waals surface area contributed by atoms with E-state index in [1.807, 2.05) is 6.07 Å². The smallest absolute Gasteiger partial charge is 0.128 e. The van der Waals surface area contributed by atoms with Gasteiger partial charge in [0.05, 0.1) is 18.8 Å². The van der Waals surface area contributed by atoms with E-state index in [9.17, 15) is 4.39 Å². The van der Waals surface area contributed by atoms with Crippen molar-refractivity contribution < 1.29 is 13.9 Å². The van der Waals surface area contributed by atoms with Crippen LogP contribution in [0.5, 0.6) is 0 Å². The normalized spacial score (nSPS) is 24.6. The minimum Gasteiger partial charge on any atom is -0.377 e. The van der Waals surface area contributed by atoms with E-state index in [2.05, 4.69) is 5.32 Å². The van der Waals surface area contributed by atoms with Crippen LogP contribution in [-0.4, -0.2) is 31.9 Å². The van der Waals surface area contributed by atoms with Gasteiger partial charge in [-0.1, -0.05) is 18.2 Å². The molecule has 0 aliphatic carbocycles. The molecule has 104 valence electrons. The van der Waals surface area contributed by atoms with Crippen molar-refractivity contribution >= 4 is 0 Å². The standard InChI is InChI=1S/C15H20FNO2/c16-14-4-2-1-3-13(14)9-18-6-5-12-7-15(19-8-12)10-17-11-15/h1-4,12,17H,5-11H2. The highest BCUT2D eigenvalue weighted by atomic mass is 19.1. The monoisotopic (exact) mass is 265 g/mol. The molecule has 1 spiro atoms. The third-order valence-electron chi connectivity index (χ3n) is 4.07. The zero-order valence-electron chi connectivity index (χ0n) is 11.0. The predicted octanol–water partition coefficient (Wildman–Crippen LogP) is 2.11. The van der Waals surface area contributed by atoms with Crippen LogP contribution < -0.4 is 5.32 Å². The summed E-state index contributed by atoms with van der Waals surface area (Å²) in [7, 11) is 0. The molecule has 0 radical (unpaired) electrons. The molecule has 1 atom stereocenters. The van der Waals surface area contributed by atoms with Gasteiger partial charge in [-0.15, -0.1) is 0 Å². The Labute approximate surface area is 113 Å². The fourth-order valence-electron chi connectivity index (χ4n) is 2.82. The van der Waals surface area contributed by atoms with E-state index in [1.54, 1.807) is 12.1 Å². The molecule has 2 fully saturated rings. The van der Waals surface area contributed by atoms with Gasteiger partial charge >= 0.3 is 0 Å². The largest absolute Gasteiger partial charge is 0.377 e. The van der Waals surface area contributed by atoms with Gasteiger partial charge in [-0.3, -0.25) is 0 Å². The van der Waals surface area contributed by atoms with Crippen LogP contribution in [0.1, 0.15) is 18.4 Å². The maximum Gasteiger partial charge on any atom is 0.128 e. The molecule has 1 unspecified atom stereocenters. The minimum atomic E-state index is -0.189. The summed E-state index contributed by atoms with van der Waals surface area (Å²) in [5.74, 6) is 0.397. The summed E-state index contributed by atoms with van der Waals surface area (Å²) in [6.45, 7) is 3.84. The second-order valence-corrected chi connectivity index (χ2v) is 5.60. The Morgan fingerprint density at radius 3 is 2.89 bits per heavy atom. The van der Waals surface area contributed by atoms with E-state index in [1.165, 1.54) is 6.07 Å². The molecule has 0 aromatic heterocycles. The average Bonchev–Trinajstić information content (AvgIpc) is 2.81. The summed E-state index contributed by atoms with van der Waals surface area (Å²) in [5, 5.41) is 3.26. The maximum atomic E-state index is 13.4. The van der Waals surface area contributed by atoms with Crippen LogP contribution >= 0.6 is 0 Å². The molecule has 2 heterocycles. The van der Waals surface area contributed by atoms with Crippen molar-refractivity contribution in [1.82, 2.24) is 5.32 Å². The lowest BCUT2D eigenvalue weighted by Gasteiger charge is -2.38. The molecule has 4 heteroatoms. The Bertz CT molecular complexity index is 434. The zero-order chi connectivity index (χ0) is 13.1. The molecular formula is C15H20FNO2. The van der Waals surface area contributed by atoms with Gasteiger partial charge in [-0.2, -0.15) is 0 Å². The fraction of sp³-hybridized carbons (Fsp3) is 0.600. The topological polar surface area (TPSA) is 30.5 Å².